The molecule has 1 amide bonds. The zero-order valence-corrected chi connectivity index (χ0v) is 11.2. The van der Waals surface area contributed by atoms with Gasteiger partial charge in [-0.2, -0.15) is 0 Å². The molecule has 98 valence electrons. The van der Waals surface area contributed by atoms with Crippen LogP contribution < -0.4 is 5.32 Å². The van der Waals surface area contributed by atoms with Gasteiger partial charge in [0.25, 0.3) is 0 Å². The second-order valence-corrected chi connectivity index (χ2v) is 5.92. The van der Waals surface area contributed by atoms with Crippen molar-refractivity contribution in [3.8, 4) is 0 Å². The van der Waals surface area contributed by atoms with Gasteiger partial charge < -0.3 is 15.0 Å². The van der Waals surface area contributed by atoms with Crippen molar-refractivity contribution in [2.45, 2.75) is 20.8 Å². The third-order valence-electron chi connectivity index (χ3n) is 4.11. The molecule has 17 heavy (non-hydrogen) atoms. The molecule has 0 radical (unpaired) electrons. The lowest BCUT2D eigenvalue weighted by Gasteiger charge is -2.30. The Kier molecular flexibility index (Phi) is 3.73. The molecule has 0 aromatic rings. The largest absolute Gasteiger partial charge is 0.381 e. The summed E-state index contributed by atoms with van der Waals surface area (Å²) in [5, 5.41) is 3.16. The van der Waals surface area contributed by atoms with E-state index in [9.17, 15) is 4.79 Å². The maximum atomic E-state index is 12.2. The minimum atomic E-state index is 0.183. The van der Waals surface area contributed by atoms with Gasteiger partial charge >= 0.3 is 0 Å². The monoisotopic (exact) mass is 240 g/mol. The zero-order valence-electron chi connectivity index (χ0n) is 11.2. The average Bonchev–Trinajstić information content (AvgIpc) is 2.48. The molecule has 2 rings (SSSR count). The minimum absolute atomic E-state index is 0.183. The summed E-state index contributed by atoms with van der Waals surface area (Å²) in [7, 11) is 0. The van der Waals surface area contributed by atoms with E-state index in [0.717, 1.165) is 39.4 Å². The highest BCUT2D eigenvalue weighted by Crippen LogP contribution is 2.36. The van der Waals surface area contributed by atoms with Crippen LogP contribution in [0.1, 0.15) is 20.8 Å². The Morgan fingerprint density at radius 2 is 2.18 bits per heavy atom. The fraction of sp³-hybridized carbons (Fsp3) is 0.923. The molecule has 0 aliphatic carbocycles. The van der Waals surface area contributed by atoms with Crippen molar-refractivity contribution in [3.05, 3.63) is 0 Å². The SMILES string of the molecule is CCOC[C@@H]1CN(C(=O)C2CNC2)CC1(C)C. The van der Waals surface area contributed by atoms with Gasteiger partial charge in [0.15, 0.2) is 0 Å². The first-order valence-electron chi connectivity index (χ1n) is 6.62. The molecule has 2 fully saturated rings. The summed E-state index contributed by atoms with van der Waals surface area (Å²) in [6, 6.07) is 0. The van der Waals surface area contributed by atoms with E-state index in [2.05, 4.69) is 19.2 Å². The van der Waals surface area contributed by atoms with E-state index >= 15 is 0 Å². The highest BCUT2D eigenvalue weighted by Gasteiger charge is 2.43. The number of rotatable bonds is 4. The van der Waals surface area contributed by atoms with Crippen LogP contribution in [0.4, 0.5) is 0 Å². The first-order valence-corrected chi connectivity index (χ1v) is 6.62. The van der Waals surface area contributed by atoms with E-state index in [-0.39, 0.29) is 11.3 Å². The number of likely N-dealkylation sites (tertiary alicyclic amines) is 1. The van der Waals surface area contributed by atoms with Crippen molar-refractivity contribution in [1.82, 2.24) is 10.2 Å². The topological polar surface area (TPSA) is 41.6 Å². The highest BCUT2D eigenvalue weighted by molar-refractivity contribution is 5.80. The van der Waals surface area contributed by atoms with Gasteiger partial charge in [-0.3, -0.25) is 4.79 Å². The van der Waals surface area contributed by atoms with Crippen LogP contribution in [0.3, 0.4) is 0 Å². The van der Waals surface area contributed by atoms with Crippen LogP contribution in [0.15, 0.2) is 0 Å². The lowest BCUT2D eigenvalue weighted by atomic mass is 9.83. The van der Waals surface area contributed by atoms with Crippen molar-refractivity contribution < 1.29 is 9.53 Å². The predicted octanol–water partition coefficient (Wildman–Crippen LogP) is 0.727. The predicted molar refractivity (Wildman–Crippen MR) is 66.7 cm³/mol. The Morgan fingerprint density at radius 1 is 1.47 bits per heavy atom. The van der Waals surface area contributed by atoms with E-state index in [1.54, 1.807) is 0 Å². The number of carbonyl (C=O) groups excluding carboxylic acids is 1. The molecular weight excluding hydrogens is 216 g/mol. The van der Waals surface area contributed by atoms with E-state index < -0.39 is 0 Å². The number of hydrogen-bond acceptors (Lipinski definition) is 3. The van der Waals surface area contributed by atoms with Gasteiger partial charge in [0.05, 0.1) is 12.5 Å². The molecule has 1 N–H and O–H groups in total. The van der Waals surface area contributed by atoms with E-state index in [1.807, 2.05) is 11.8 Å². The molecule has 2 heterocycles. The van der Waals surface area contributed by atoms with E-state index in [1.165, 1.54) is 0 Å². The van der Waals surface area contributed by atoms with Gasteiger partial charge in [0.2, 0.25) is 5.91 Å². The quantitative estimate of drug-likeness (QED) is 0.787. The van der Waals surface area contributed by atoms with Crippen molar-refractivity contribution in [2.75, 3.05) is 39.4 Å². The number of nitrogens with zero attached hydrogens (tertiary/aromatic N) is 1. The van der Waals surface area contributed by atoms with Crippen LogP contribution >= 0.6 is 0 Å². The van der Waals surface area contributed by atoms with Crippen LogP contribution in [-0.4, -0.2) is 50.2 Å². The third kappa shape index (κ3) is 2.63. The molecule has 4 heteroatoms. The Hall–Kier alpha value is -0.610. The van der Waals surface area contributed by atoms with Crippen molar-refractivity contribution in [3.63, 3.8) is 0 Å². The molecule has 0 saturated carbocycles. The van der Waals surface area contributed by atoms with Gasteiger partial charge in [0.1, 0.15) is 0 Å². The normalized spacial score (nSPS) is 28.2. The lowest BCUT2D eigenvalue weighted by Crippen LogP contribution is -2.51. The minimum Gasteiger partial charge on any atom is -0.381 e. The zero-order chi connectivity index (χ0) is 12.5. The van der Waals surface area contributed by atoms with Gasteiger partial charge in [-0.05, 0) is 12.3 Å². The molecule has 2 aliphatic heterocycles. The van der Waals surface area contributed by atoms with Crippen LogP contribution in [-0.2, 0) is 9.53 Å². The Bertz CT molecular complexity index is 287. The van der Waals surface area contributed by atoms with Crippen LogP contribution in [0.5, 0.6) is 0 Å². The summed E-state index contributed by atoms with van der Waals surface area (Å²) in [5.41, 5.74) is 0.183. The number of hydrogen-bond donors (Lipinski definition) is 1. The summed E-state index contributed by atoms with van der Waals surface area (Å²) in [6.07, 6.45) is 0. The van der Waals surface area contributed by atoms with Crippen LogP contribution in [0.25, 0.3) is 0 Å². The number of amides is 1. The summed E-state index contributed by atoms with van der Waals surface area (Å²) in [4.78, 5) is 14.2. The fourth-order valence-corrected chi connectivity index (χ4v) is 2.63. The van der Waals surface area contributed by atoms with E-state index in [4.69, 9.17) is 4.74 Å². The highest BCUT2D eigenvalue weighted by atomic mass is 16.5. The van der Waals surface area contributed by atoms with Crippen molar-refractivity contribution >= 4 is 5.91 Å². The molecule has 0 unspecified atom stereocenters. The molecule has 4 nitrogen and oxygen atoms in total. The third-order valence-corrected chi connectivity index (χ3v) is 4.11. The first kappa shape index (κ1) is 12.8. The Labute approximate surface area is 104 Å². The van der Waals surface area contributed by atoms with Crippen molar-refractivity contribution in [2.24, 2.45) is 17.3 Å². The van der Waals surface area contributed by atoms with Gasteiger partial charge in [-0.1, -0.05) is 13.8 Å². The molecule has 0 aromatic heterocycles. The summed E-state index contributed by atoms with van der Waals surface area (Å²) in [6.45, 7) is 11.5. The maximum absolute atomic E-state index is 12.2. The molecule has 2 aliphatic rings. The lowest BCUT2D eigenvalue weighted by molar-refractivity contribution is -0.136. The average molecular weight is 240 g/mol. The van der Waals surface area contributed by atoms with Gasteiger partial charge in [-0.15, -0.1) is 0 Å². The standard InChI is InChI=1S/C13H24N2O2/c1-4-17-8-11-7-15(9-13(11,2)3)12(16)10-5-14-6-10/h10-11,14H,4-9H2,1-3H3/t11-/m0/s1. The smallest absolute Gasteiger partial charge is 0.228 e. The van der Waals surface area contributed by atoms with Crippen molar-refractivity contribution in [1.29, 1.82) is 0 Å². The van der Waals surface area contributed by atoms with Crippen LogP contribution in [0, 0.1) is 17.3 Å². The molecule has 2 saturated heterocycles. The molecule has 0 aromatic carbocycles. The summed E-state index contributed by atoms with van der Waals surface area (Å²) < 4.78 is 5.53. The maximum Gasteiger partial charge on any atom is 0.228 e. The number of carbonyl (C=O) groups is 1. The first-order chi connectivity index (χ1) is 8.04. The molecular formula is C13H24N2O2. The molecule has 1 atom stereocenters. The molecule has 0 spiro atoms. The number of ether oxygens (including phenoxy) is 1. The Balaban J connectivity index is 1.92. The van der Waals surface area contributed by atoms with Gasteiger partial charge in [-0.25, -0.2) is 0 Å². The molecule has 0 bridgehead atoms. The fourth-order valence-electron chi connectivity index (χ4n) is 2.63. The summed E-state index contributed by atoms with van der Waals surface area (Å²) >= 11 is 0. The summed E-state index contributed by atoms with van der Waals surface area (Å²) in [5.74, 6) is 1.02. The second kappa shape index (κ2) is 4.94. The van der Waals surface area contributed by atoms with Crippen LogP contribution in [0.2, 0.25) is 0 Å². The number of nitrogens with one attached hydrogen (secondary N) is 1. The van der Waals surface area contributed by atoms with Gasteiger partial charge in [0, 0.05) is 38.7 Å². The Morgan fingerprint density at radius 3 is 2.71 bits per heavy atom. The second-order valence-electron chi connectivity index (χ2n) is 5.92. The van der Waals surface area contributed by atoms with E-state index in [0.29, 0.717) is 11.8 Å².